The molecule has 2 N–H and O–H groups in total. The predicted molar refractivity (Wildman–Crippen MR) is 56.9 cm³/mol. The summed E-state index contributed by atoms with van der Waals surface area (Å²) in [5.74, 6) is 0. The van der Waals surface area contributed by atoms with Gasteiger partial charge in [0.1, 0.15) is 6.04 Å². The van der Waals surface area contributed by atoms with Crippen LogP contribution in [0.4, 0.5) is 13.2 Å². The fourth-order valence-electron chi connectivity index (χ4n) is 1.05. The van der Waals surface area contributed by atoms with Crippen LogP contribution in [-0.4, -0.2) is 12.2 Å². The Morgan fingerprint density at radius 2 is 2.00 bits per heavy atom. The summed E-state index contributed by atoms with van der Waals surface area (Å²) in [4.78, 5) is 0. The summed E-state index contributed by atoms with van der Waals surface area (Å²) in [5, 5.41) is 0.290. The highest BCUT2D eigenvalue weighted by molar-refractivity contribution is 9.10. The van der Waals surface area contributed by atoms with Crippen LogP contribution in [0.3, 0.4) is 0 Å². The largest absolute Gasteiger partial charge is 0.403 e. The first kappa shape index (κ1) is 12.8. The van der Waals surface area contributed by atoms with Crippen LogP contribution in [-0.2, 0) is 6.42 Å². The zero-order valence-electron chi connectivity index (χ0n) is 7.48. The second-order valence-corrected chi connectivity index (χ2v) is 4.41. The van der Waals surface area contributed by atoms with Gasteiger partial charge in [0, 0.05) is 9.50 Å². The van der Waals surface area contributed by atoms with Crippen molar-refractivity contribution in [3.8, 4) is 0 Å². The van der Waals surface area contributed by atoms with E-state index in [2.05, 4.69) is 15.9 Å². The van der Waals surface area contributed by atoms with Crippen molar-refractivity contribution in [3.05, 3.63) is 33.3 Å². The molecule has 1 aromatic carbocycles. The molecule has 0 amide bonds. The number of alkyl halides is 3. The normalized spacial score (nSPS) is 14.0. The molecule has 1 aromatic rings. The topological polar surface area (TPSA) is 26.0 Å². The smallest absolute Gasteiger partial charge is 0.320 e. The zero-order valence-corrected chi connectivity index (χ0v) is 9.83. The third-order valence-corrected chi connectivity index (χ3v) is 2.73. The lowest BCUT2D eigenvalue weighted by molar-refractivity contribution is -0.147. The van der Waals surface area contributed by atoms with Crippen molar-refractivity contribution >= 4 is 27.5 Å². The average molecular weight is 303 g/mol. The Hall–Kier alpha value is -0.260. The molecule has 15 heavy (non-hydrogen) atoms. The van der Waals surface area contributed by atoms with Crippen molar-refractivity contribution < 1.29 is 13.2 Å². The van der Waals surface area contributed by atoms with Crippen molar-refractivity contribution in [1.29, 1.82) is 0 Å². The molecule has 1 atom stereocenters. The highest BCUT2D eigenvalue weighted by Crippen LogP contribution is 2.26. The van der Waals surface area contributed by atoms with Crippen LogP contribution < -0.4 is 5.73 Å². The average Bonchev–Trinajstić information content (AvgIpc) is 2.09. The van der Waals surface area contributed by atoms with E-state index in [0.29, 0.717) is 10.0 Å². The SMILES string of the molecule is NC(Cc1cc(Br)ccc1Cl)C(F)(F)F. The number of rotatable bonds is 2. The van der Waals surface area contributed by atoms with Crippen LogP contribution in [0.1, 0.15) is 5.56 Å². The van der Waals surface area contributed by atoms with Gasteiger partial charge in [-0.1, -0.05) is 27.5 Å². The van der Waals surface area contributed by atoms with E-state index in [9.17, 15) is 13.2 Å². The Kier molecular flexibility index (Phi) is 4.03. The van der Waals surface area contributed by atoms with E-state index in [0.717, 1.165) is 0 Å². The molecule has 0 aliphatic carbocycles. The third kappa shape index (κ3) is 3.66. The van der Waals surface area contributed by atoms with Crippen molar-refractivity contribution in [3.63, 3.8) is 0 Å². The lowest BCUT2D eigenvalue weighted by Gasteiger charge is -2.16. The van der Waals surface area contributed by atoms with Gasteiger partial charge < -0.3 is 5.73 Å². The van der Waals surface area contributed by atoms with Crippen LogP contribution in [0.25, 0.3) is 0 Å². The molecule has 0 fully saturated rings. The Bertz CT molecular complexity index is 354. The van der Waals surface area contributed by atoms with Crippen molar-refractivity contribution in [1.82, 2.24) is 0 Å². The fraction of sp³-hybridized carbons (Fsp3) is 0.333. The molecule has 0 bridgehead atoms. The molecular weight excluding hydrogens is 294 g/mol. The maximum atomic E-state index is 12.2. The fourth-order valence-corrected chi connectivity index (χ4v) is 1.66. The monoisotopic (exact) mass is 301 g/mol. The molecular formula is C9H8BrClF3N. The Morgan fingerprint density at radius 3 is 2.53 bits per heavy atom. The van der Waals surface area contributed by atoms with E-state index < -0.39 is 12.2 Å². The molecule has 0 radical (unpaired) electrons. The van der Waals surface area contributed by atoms with Gasteiger partial charge in [0.15, 0.2) is 0 Å². The molecule has 0 aliphatic heterocycles. The van der Waals surface area contributed by atoms with E-state index in [1.165, 1.54) is 12.1 Å². The quantitative estimate of drug-likeness (QED) is 0.888. The molecule has 0 saturated heterocycles. The third-order valence-electron chi connectivity index (χ3n) is 1.87. The van der Waals surface area contributed by atoms with Crippen LogP contribution in [0, 0.1) is 0 Å². The van der Waals surface area contributed by atoms with Gasteiger partial charge in [0.2, 0.25) is 0 Å². The summed E-state index contributed by atoms with van der Waals surface area (Å²) in [6.07, 6.45) is -4.71. The molecule has 0 aliphatic rings. The molecule has 1 nitrogen and oxygen atoms in total. The molecule has 0 heterocycles. The minimum atomic E-state index is -4.40. The summed E-state index contributed by atoms with van der Waals surface area (Å²) in [6.45, 7) is 0. The standard InChI is InChI=1S/C9H8BrClF3N/c10-6-1-2-7(11)5(3-6)4-8(15)9(12,13)14/h1-3,8H,4,15H2. The summed E-state index contributed by atoms with van der Waals surface area (Å²) >= 11 is 8.90. The summed E-state index contributed by atoms with van der Waals surface area (Å²) in [7, 11) is 0. The summed E-state index contributed by atoms with van der Waals surface area (Å²) < 4.78 is 37.2. The second-order valence-electron chi connectivity index (χ2n) is 3.09. The predicted octanol–water partition coefficient (Wildman–Crippen LogP) is 3.53. The first-order valence-corrected chi connectivity index (χ1v) is 5.24. The molecule has 84 valence electrons. The molecule has 0 aromatic heterocycles. The van der Waals surface area contributed by atoms with Crippen LogP contribution >= 0.6 is 27.5 Å². The number of benzene rings is 1. The van der Waals surface area contributed by atoms with Crippen LogP contribution in [0.2, 0.25) is 5.02 Å². The van der Waals surface area contributed by atoms with Gasteiger partial charge in [-0.25, -0.2) is 0 Å². The van der Waals surface area contributed by atoms with E-state index in [1.54, 1.807) is 6.07 Å². The lowest BCUT2D eigenvalue weighted by Crippen LogP contribution is -2.39. The number of nitrogens with two attached hydrogens (primary N) is 1. The maximum absolute atomic E-state index is 12.2. The summed E-state index contributed by atoms with van der Waals surface area (Å²) in [6, 6.07) is 2.84. The van der Waals surface area contributed by atoms with Crippen molar-refractivity contribution in [2.45, 2.75) is 18.6 Å². The van der Waals surface area contributed by atoms with E-state index in [4.69, 9.17) is 17.3 Å². The molecule has 6 heteroatoms. The second kappa shape index (κ2) is 4.72. The van der Waals surface area contributed by atoms with Crippen molar-refractivity contribution in [2.24, 2.45) is 5.73 Å². The maximum Gasteiger partial charge on any atom is 0.403 e. The highest BCUT2D eigenvalue weighted by atomic mass is 79.9. The minimum Gasteiger partial charge on any atom is -0.320 e. The number of hydrogen-bond donors (Lipinski definition) is 1. The van der Waals surface area contributed by atoms with Crippen LogP contribution in [0.5, 0.6) is 0 Å². The van der Waals surface area contributed by atoms with Crippen LogP contribution in [0.15, 0.2) is 22.7 Å². The number of halogens is 5. The van der Waals surface area contributed by atoms with Gasteiger partial charge in [-0.2, -0.15) is 13.2 Å². The first-order valence-electron chi connectivity index (χ1n) is 4.07. The van der Waals surface area contributed by atoms with Gasteiger partial charge in [-0.3, -0.25) is 0 Å². The van der Waals surface area contributed by atoms with Gasteiger partial charge in [0.25, 0.3) is 0 Å². The molecule has 0 saturated carbocycles. The molecule has 1 unspecified atom stereocenters. The minimum absolute atomic E-state index is 0.290. The Balaban J connectivity index is 2.85. The van der Waals surface area contributed by atoms with Crippen molar-refractivity contribution in [2.75, 3.05) is 0 Å². The van der Waals surface area contributed by atoms with Gasteiger partial charge >= 0.3 is 6.18 Å². The van der Waals surface area contributed by atoms with E-state index in [-0.39, 0.29) is 11.4 Å². The zero-order chi connectivity index (χ0) is 11.6. The molecule has 0 spiro atoms. The van der Waals surface area contributed by atoms with Gasteiger partial charge in [-0.05, 0) is 30.2 Å². The lowest BCUT2D eigenvalue weighted by atomic mass is 10.1. The van der Waals surface area contributed by atoms with Gasteiger partial charge in [0.05, 0.1) is 0 Å². The number of hydrogen-bond acceptors (Lipinski definition) is 1. The van der Waals surface area contributed by atoms with E-state index >= 15 is 0 Å². The summed E-state index contributed by atoms with van der Waals surface area (Å²) in [5.41, 5.74) is 5.39. The Morgan fingerprint density at radius 1 is 1.40 bits per heavy atom. The Labute approximate surface area is 98.5 Å². The van der Waals surface area contributed by atoms with Gasteiger partial charge in [-0.15, -0.1) is 0 Å². The highest BCUT2D eigenvalue weighted by Gasteiger charge is 2.36. The molecule has 1 rings (SSSR count). The first-order chi connectivity index (χ1) is 6.80. The van der Waals surface area contributed by atoms with E-state index in [1.807, 2.05) is 0 Å².